The number of hydrogen-bond donors (Lipinski definition) is 3. The molecule has 3 N–H and O–H groups in total. The van der Waals surface area contributed by atoms with Crippen molar-refractivity contribution < 1.29 is 15.3 Å². The number of rotatable bonds is 16. The summed E-state index contributed by atoms with van der Waals surface area (Å²) < 4.78 is 0. The molecular weight excluding hydrogens is 276 g/mol. The zero-order valence-electron chi connectivity index (χ0n) is 14.6. The fourth-order valence-electron chi connectivity index (χ4n) is 2.58. The summed E-state index contributed by atoms with van der Waals surface area (Å²) in [6.07, 6.45) is 18.5. The van der Waals surface area contributed by atoms with Crippen molar-refractivity contribution in [3.63, 3.8) is 0 Å². The van der Waals surface area contributed by atoms with Gasteiger partial charge in [0.15, 0.2) is 0 Å². The van der Waals surface area contributed by atoms with Crippen LogP contribution in [0.1, 0.15) is 90.4 Å². The Labute approximate surface area is 137 Å². The summed E-state index contributed by atoms with van der Waals surface area (Å²) in [5.74, 6) is 0. The van der Waals surface area contributed by atoms with E-state index in [9.17, 15) is 10.2 Å². The first-order valence-electron chi connectivity index (χ1n) is 9.36. The smallest absolute Gasteiger partial charge is 0.106 e. The average molecular weight is 315 g/mol. The summed E-state index contributed by atoms with van der Waals surface area (Å²) in [5.41, 5.74) is 0. The molecule has 0 aromatic heterocycles. The molecule has 0 saturated heterocycles. The van der Waals surface area contributed by atoms with Gasteiger partial charge in [-0.3, -0.25) is 0 Å². The first-order chi connectivity index (χ1) is 10.7. The number of aliphatic hydroxyl groups excluding tert-OH is 3. The van der Waals surface area contributed by atoms with Gasteiger partial charge in [-0.25, -0.2) is 0 Å². The van der Waals surface area contributed by atoms with Crippen molar-refractivity contribution in [3.05, 3.63) is 12.2 Å². The van der Waals surface area contributed by atoms with Gasteiger partial charge in [-0.2, -0.15) is 0 Å². The predicted octanol–water partition coefficient (Wildman–Crippen LogP) is 4.35. The number of unbranched alkanes of at least 4 members (excludes halogenated alkanes) is 12. The molecule has 0 radical (unpaired) electrons. The molecule has 2 atom stereocenters. The summed E-state index contributed by atoms with van der Waals surface area (Å²) >= 11 is 0. The Hall–Kier alpha value is -0.380. The van der Waals surface area contributed by atoms with Crippen LogP contribution in [-0.4, -0.2) is 34.1 Å². The van der Waals surface area contributed by atoms with Gasteiger partial charge in [-0.15, -0.1) is 0 Å². The maximum atomic E-state index is 9.41. The first-order valence-corrected chi connectivity index (χ1v) is 9.36. The molecule has 0 rings (SSSR count). The van der Waals surface area contributed by atoms with Crippen molar-refractivity contribution in [2.24, 2.45) is 0 Å². The lowest BCUT2D eigenvalue weighted by Crippen LogP contribution is -2.27. The third-order valence-corrected chi connectivity index (χ3v) is 4.14. The highest BCUT2D eigenvalue weighted by Crippen LogP contribution is 2.12. The summed E-state index contributed by atoms with van der Waals surface area (Å²) in [7, 11) is 0. The molecule has 0 aromatic carbocycles. The van der Waals surface area contributed by atoms with Gasteiger partial charge in [0.1, 0.15) is 12.2 Å². The van der Waals surface area contributed by atoms with Crippen molar-refractivity contribution in [2.45, 2.75) is 103 Å². The molecule has 0 spiro atoms. The summed E-state index contributed by atoms with van der Waals surface area (Å²) in [6.45, 7) is 1.86. The van der Waals surface area contributed by atoms with Crippen molar-refractivity contribution >= 4 is 0 Å². The van der Waals surface area contributed by atoms with E-state index in [0.29, 0.717) is 0 Å². The Bertz CT molecular complexity index is 241. The van der Waals surface area contributed by atoms with Gasteiger partial charge in [0.2, 0.25) is 0 Å². The molecule has 0 aromatic rings. The lowest BCUT2D eigenvalue weighted by atomic mass is 10.0. The second kappa shape index (κ2) is 17.0. The van der Waals surface area contributed by atoms with Gasteiger partial charge in [0.05, 0.1) is 6.61 Å². The van der Waals surface area contributed by atoms with Crippen LogP contribution < -0.4 is 0 Å². The van der Waals surface area contributed by atoms with E-state index in [-0.39, 0.29) is 0 Å². The highest BCUT2D eigenvalue weighted by molar-refractivity contribution is 4.91. The van der Waals surface area contributed by atoms with Crippen LogP contribution in [0.5, 0.6) is 0 Å². The molecular formula is C19H38O3. The highest BCUT2D eigenvalue weighted by Gasteiger charge is 2.10. The summed E-state index contributed by atoms with van der Waals surface area (Å²) in [5, 5.41) is 27.3. The Balaban J connectivity index is 3.19. The van der Waals surface area contributed by atoms with Crippen LogP contribution in [0.15, 0.2) is 12.2 Å². The Morgan fingerprint density at radius 3 is 1.64 bits per heavy atom. The van der Waals surface area contributed by atoms with E-state index in [2.05, 4.69) is 6.92 Å². The molecule has 22 heavy (non-hydrogen) atoms. The minimum absolute atomic E-state index is 0.399. The van der Waals surface area contributed by atoms with Gasteiger partial charge in [0.25, 0.3) is 0 Å². The van der Waals surface area contributed by atoms with E-state index in [1.54, 1.807) is 6.08 Å². The van der Waals surface area contributed by atoms with E-state index >= 15 is 0 Å². The fourth-order valence-corrected chi connectivity index (χ4v) is 2.58. The summed E-state index contributed by atoms with van der Waals surface area (Å²) in [4.78, 5) is 0. The van der Waals surface area contributed by atoms with E-state index in [1.807, 2.05) is 6.08 Å². The maximum Gasteiger partial charge on any atom is 0.106 e. The van der Waals surface area contributed by atoms with Crippen molar-refractivity contribution in [1.29, 1.82) is 0 Å². The minimum Gasteiger partial charge on any atom is -0.394 e. The molecule has 3 heteroatoms. The van der Waals surface area contributed by atoms with Crippen LogP contribution >= 0.6 is 0 Å². The number of aliphatic hydroxyl groups is 3. The minimum atomic E-state index is -1.06. The van der Waals surface area contributed by atoms with Gasteiger partial charge in [-0.05, 0) is 12.8 Å². The molecule has 2 unspecified atom stereocenters. The fraction of sp³-hybridized carbons (Fsp3) is 0.895. The van der Waals surface area contributed by atoms with Crippen LogP contribution in [0.4, 0.5) is 0 Å². The molecule has 0 amide bonds. The van der Waals surface area contributed by atoms with E-state index < -0.39 is 18.8 Å². The normalized spacial score (nSPS) is 14.5. The first kappa shape index (κ1) is 21.6. The van der Waals surface area contributed by atoms with Crippen LogP contribution in [-0.2, 0) is 0 Å². The molecule has 0 saturated carbocycles. The molecule has 0 fully saturated rings. The van der Waals surface area contributed by atoms with Crippen LogP contribution in [0.3, 0.4) is 0 Å². The zero-order chi connectivity index (χ0) is 16.5. The van der Waals surface area contributed by atoms with Gasteiger partial charge in [0, 0.05) is 0 Å². The standard InChI is InChI=1S/C19H38O3/c1-2-3-4-5-6-7-8-9-10-11-12-13-14-15-16-18(21)19(22)17-20/h15-16,18-22H,2-14,17H2,1H3. The molecule has 3 nitrogen and oxygen atoms in total. The predicted molar refractivity (Wildman–Crippen MR) is 93.9 cm³/mol. The van der Waals surface area contributed by atoms with Gasteiger partial charge < -0.3 is 15.3 Å². The quantitative estimate of drug-likeness (QED) is 0.293. The summed E-state index contributed by atoms with van der Waals surface area (Å²) in [6, 6.07) is 0. The number of allylic oxidation sites excluding steroid dienone is 1. The third-order valence-electron chi connectivity index (χ3n) is 4.14. The van der Waals surface area contributed by atoms with Gasteiger partial charge in [-0.1, -0.05) is 89.7 Å². The van der Waals surface area contributed by atoms with E-state index in [4.69, 9.17) is 5.11 Å². The van der Waals surface area contributed by atoms with E-state index in [1.165, 1.54) is 70.6 Å². The van der Waals surface area contributed by atoms with Gasteiger partial charge >= 0.3 is 0 Å². The molecule has 0 aliphatic heterocycles. The second-order valence-electron chi connectivity index (χ2n) is 6.35. The lowest BCUT2D eigenvalue weighted by molar-refractivity contribution is 0.00937. The van der Waals surface area contributed by atoms with Crippen molar-refractivity contribution in [1.82, 2.24) is 0 Å². The molecule has 0 heterocycles. The number of hydrogen-bond acceptors (Lipinski definition) is 3. The van der Waals surface area contributed by atoms with Crippen LogP contribution in [0, 0.1) is 0 Å². The molecule has 0 aliphatic rings. The van der Waals surface area contributed by atoms with Crippen LogP contribution in [0.2, 0.25) is 0 Å². The maximum absolute atomic E-state index is 9.41. The topological polar surface area (TPSA) is 60.7 Å². The Morgan fingerprint density at radius 1 is 0.727 bits per heavy atom. The molecule has 132 valence electrons. The van der Waals surface area contributed by atoms with Crippen molar-refractivity contribution in [3.8, 4) is 0 Å². The Morgan fingerprint density at radius 2 is 1.18 bits per heavy atom. The van der Waals surface area contributed by atoms with Crippen LogP contribution in [0.25, 0.3) is 0 Å². The highest BCUT2D eigenvalue weighted by atomic mass is 16.4. The largest absolute Gasteiger partial charge is 0.394 e. The van der Waals surface area contributed by atoms with Crippen molar-refractivity contribution in [2.75, 3.05) is 6.61 Å². The SMILES string of the molecule is CCCCCCCCCCCCCCC=CC(O)C(O)CO. The molecule has 0 aliphatic carbocycles. The lowest BCUT2D eigenvalue weighted by Gasteiger charge is -2.10. The molecule has 0 bridgehead atoms. The average Bonchev–Trinajstić information content (AvgIpc) is 2.54. The second-order valence-corrected chi connectivity index (χ2v) is 6.35. The third kappa shape index (κ3) is 14.6. The zero-order valence-corrected chi connectivity index (χ0v) is 14.6. The Kier molecular flexibility index (Phi) is 16.7. The monoisotopic (exact) mass is 314 g/mol. The van der Waals surface area contributed by atoms with E-state index in [0.717, 1.165) is 12.8 Å².